The van der Waals surface area contributed by atoms with Gasteiger partial charge in [0.2, 0.25) is 0 Å². The zero-order valence-electron chi connectivity index (χ0n) is 10.5. The number of aliphatic imine (C=N–C) groups is 1. The average Bonchev–Trinajstić information content (AvgIpc) is 2.96. The summed E-state index contributed by atoms with van der Waals surface area (Å²) >= 11 is 5.84. The van der Waals surface area contributed by atoms with Crippen molar-refractivity contribution < 1.29 is 0 Å². The fourth-order valence-electron chi connectivity index (χ4n) is 1.80. The van der Waals surface area contributed by atoms with E-state index in [1.165, 1.54) is 0 Å². The zero-order valence-corrected chi connectivity index (χ0v) is 11.2. The predicted molar refractivity (Wildman–Crippen MR) is 80.5 cm³/mol. The molecule has 0 aliphatic carbocycles. The lowest BCUT2D eigenvalue weighted by molar-refractivity contribution is 0.940. The molecule has 4 nitrogen and oxygen atoms in total. The normalized spacial score (nSPS) is 11.1. The van der Waals surface area contributed by atoms with Crippen LogP contribution >= 0.6 is 11.6 Å². The number of H-pyrrole nitrogens is 1. The Morgan fingerprint density at radius 2 is 1.70 bits per heavy atom. The molecule has 0 amide bonds. The van der Waals surface area contributed by atoms with Crippen LogP contribution in [0.15, 0.2) is 59.6 Å². The van der Waals surface area contributed by atoms with Gasteiger partial charge in [-0.1, -0.05) is 41.9 Å². The summed E-state index contributed by atoms with van der Waals surface area (Å²) in [5, 5.41) is 11.6. The first-order valence-electron chi connectivity index (χ1n) is 6.09. The van der Waals surface area contributed by atoms with E-state index in [1.54, 1.807) is 18.3 Å². The molecule has 2 aromatic carbocycles. The second-order valence-electron chi connectivity index (χ2n) is 4.16. The van der Waals surface area contributed by atoms with Gasteiger partial charge in [0.05, 0.1) is 11.9 Å². The Labute approximate surface area is 121 Å². The summed E-state index contributed by atoms with van der Waals surface area (Å²) in [6.07, 6.45) is 1.69. The van der Waals surface area contributed by atoms with Crippen LogP contribution in [0.2, 0.25) is 5.02 Å². The van der Waals surface area contributed by atoms with E-state index in [2.05, 4.69) is 20.4 Å². The van der Waals surface area contributed by atoms with Gasteiger partial charge in [0.15, 0.2) is 0 Å². The third kappa shape index (κ3) is 2.75. The summed E-state index contributed by atoms with van der Waals surface area (Å²) in [4.78, 5) is 4.37. The Balaban J connectivity index is 1.89. The summed E-state index contributed by atoms with van der Waals surface area (Å²) < 4.78 is 0. The fraction of sp³-hybridized carbons (Fsp3) is 0. The molecule has 3 rings (SSSR count). The lowest BCUT2D eigenvalue weighted by Gasteiger charge is -1.96. The van der Waals surface area contributed by atoms with Crippen molar-refractivity contribution in [1.82, 2.24) is 15.4 Å². The van der Waals surface area contributed by atoms with Crippen molar-refractivity contribution in [3.05, 3.63) is 65.3 Å². The first kappa shape index (κ1) is 12.6. The quantitative estimate of drug-likeness (QED) is 0.741. The number of aromatic nitrogens is 3. The Kier molecular flexibility index (Phi) is 3.56. The third-order valence-corrected chi connectivity index (χ3v) is 3.04. The highest BCUT2D eigenvalue weighted by Crippen LogP contribution is 2.19. The van der Waals surface area contributed by atoms with Crippen LogP contribution in [-0.4, -0.2) is 21.6 Å². The van der Waals surface area contributed by atoms with Gasteiger partial charge in [0.1, 0.15) is 11.4 Å². The molecule has 1 aromatic heterocycles. The Morgan fingerprint density at radius 3 is 2.45 bits per heavy atom. The number of rotatable bonds is 3. The number of nitrogens with one attached hydrogen (secondary N) is 1. The molecule has 0 bridgehead atoms. The molecule has 98 valence electrons. The van der Waals surface area contributed by atoms with Crippen molar-refractivity contribution in [3.8, 4) is 11.3 Å². The number of aromatic amines is 1. The number of hydrogen-bond acceptors (Lipinski definition) is 3. The molecule has 20 heavy (non-hydrogen) atoms. The van der Waals surface area contributed by atoms with Gasteiger partial charge in [-0.05, 0) is 24.3 Å². The standard InChI is InChI=1S/C15H11ClN4/c16-12-6-8-13(9-7-12)17-10-14-15(19-20-18-14)11-4-2-1-3-5-11/h1-10H,(H,18,19,20). The smallest absolute Gasteiger partial charge is 0.131 e. The van der Waals surface area contributed by atoms with Crippen LogP contribution in [0.4, 0.5) is 5.69 Å². The van der Waals surface area contributed by atoms with E-state index in [0.717, 1.165) is 16.9 Å². The first-order chi connectivity index (χ1) is 9.83. The average molecular weight is 283 g/mol. The van der Waals surface area contributed by atoms with E-state index >= 15 is 0 Å². The Morgan fingerprint density at radius 1 is 0.950 bits per heavy atom. The Bertz CT molecular complexity index is 717. The van der Waals surface area contributed by atoms with Crippen molar-refractivity contribution in [2.75, 3.05) is 0 Å². The van der Waals surface area contributed by atoms with E-state index < -0.39 is 0 Å². The minimum atomic E-state index is 0.690. The van der Waals surface area contributed by atoms with Gasteiger partial charge < -0.3 is 0 Å². The molecule has 0 aliphatic heterocycles. The first-order valence-corrected chi connectivity index (χ1v) is 6.46. The maximum absolute atomic E-state index is 5.84. The fourth-order valence-corrected chi connectivity index (χ4v) is 1.93. The zero-order chi connectivity index (χ0) is 13.8. The van der Waals surface area contributed by atoms with Gasteiger partial charge in [-0.25, -0.2) is 0 Å². The maximum Gasteiger partial charge on any atom is 0.131 e. The van der Waals surface area contributed by atoms with Crippen LogP contribution in [0.5, 0.6) is 0 Å². The molecule has 0 atom stereocenters. The molecule has 0 saturated heterocycles. The van der Waals surface area contributed by atoms with Gasteiger partial charge in [-0.2, -0.15) is 15.4 Å². The van der Waals surface area contributed by atoms with Crippen molar-refractivity contribution in [2.45, 2.75) is 0 Å². The Hall–Kier alpha value is -2.46. The molecule has 3 aromatic rings. The molecular weight excluding hydrogens is 272 g/mol. The number of nitrogens with zero attached hydrogens (tertiary/aromatic N) is 3. The highest BCUT2D eigenvalue weighted by Gasteiger charge is 2.07. The van der Waals surface area contributed by atoms with Crippen LogP contribution in [0.25, 0.3) is 11.3 Å². The predicted octanol–water partition coefficient (Wildman–Crippen LogP) is 3.88. The van der Waals surface area contributed by atoms with Crippen molar-refractivity contribution in [3.63, 3.8) is 0 Å². The molecule has 0 fully saturated rings. The van der Waals surface area contributed by atoms with Gasteiger partial charge in [-0.15, -0.1) is 0 Å². The molecule has 5 heteroatoms. The number of benzene rings is 2. The van der Waals surface area contributed by atoms with Crippen LogP contribution in [0.1, 0.15) is 5.69 Å². The summed E-state index contributed by atoms with van der Waals surface area (Å²) in [5.41, 5.74) is 3.30. The van der Waals surface area contributed by atoms with Crippen molar-refractivity contribution in [2.24, 2.45) is 4.99 Å². The highest BCUT2D eigenvalue weighted by molar-refractivity contribution is 6.30. The number of hydrogen-bond donors (Lipinski definition) is 1. The molecule has 0 aliphatic rings. The van der Waals surface area contributed by atoms with E-state index in [-0.39, 0.29) is 0 Å². The molecule has 1 heterocycles. The summed E-state index contributed by atoms with van der Waals surface area (Å²) in [6, 6.07) is 17.2. The lowest BCUT2D eigenvalue weighted by Crippen LogP contribution is -1.86. The van der Waals surface area contributed by atoms with E-state index in [4.69, 9.17) is 11.6 Å². The van der Waals surface area contributed by atoms with Gasteiger partial charge >= 0.3 is 0 Å². The second kappa shape index (κ2) is 5.67. The minimum absolute atomic E-state index is 0.690. The van der Waals surface area contributed by atoms with Gasteiger partial charge in [0, 0.05) is 10.6 Å². The molecule has 0 unspecified atom stereocenters. The molecule has 1 N–H and O–H groups in total. The van der Waals surface area contributed by atoms with Crippen LogP contribution in [0.3, 0.4) is 0 Å². The van der Waals surface area contributed by atoms with Crippen LogP contribution in [0, 0.1) is 0 Å². The SMILES string of the molecule is Clc1ccc(N=Cc2n[nH]nc2-c2ccccc2)cc1. The van der Waals surface area contributed by atoms with Gasteiger partial charge in [-0.3, -0.25) is 4.99 Å². The van der Waals surface area contributed by atoms with Gasteiger partial charge in [0.25, 0.3) is 0 Å². The van der Waals surface area contributed by atoms with Crippen molar-refractivity contribution in [1.29, 1.82) is 0 Å². The van der Waals surface area contributed by atoms with E-state index in [1.807, 2.05) is 42.5 Å². The maximum atomic E-state index is 5.84. The number of halogens is 1. The topological polar surface area (TPSA) is 53.9 Å². The molecule has 0 radical (unpaired) electrons. The largest absolute Gasteiger partial charge is 0.254 e. The van der Waals surface area contributed by atoms with Crippen molar-refractivity contribution >= 4 is 23.5 Å². The third-order valence-electron chi connectivity index (χ3n) is 2.78. The lowest BCUT2D eigenvalue weighted by atomic mass is 10.1. The van der Waals surface area contributed by atoms with E-state index in [0.29, 0.717) is 10.7 Å². The molecule has 0 spiro atoms. The van der Waals surface area contributed by atoms with Crippen LogP contribution < -0.4 is 0 Å². The highest BCUT2D eigenvalue weighted by atomic mass is 35.5. The van der Waals surface area contributed by atoms with Crippen LogP contribution in [-0.2, 0) is 0 Å². The van der Waals surface area contributed by atoms with E-state index in [9.17, 15) is 0 Å². The summed E-state index contributed by atoms with van der Waals surface area (Å²) in [7, 11) is 0. The molecule has 0 saturated carbocycles. The molecular formula is C15H11ClN4. The summed E-state index contributed by atoms with van der Waals surface area (Å²) in [6.45, 7) is 0. The monoisotopic (exact) mass is 282 g/mol. The summed E-state index contributed by atoms with van der Waals surface area (Å²) in [5.74, 6) is 0. The second-order valence-corrected chi connectivity index (χ2v) is 4.59. The minimum Gasteiger partial charge on any atom is -0.254 e.